The first kappa shape index (κ1) is 29.9. The first-order valence-corrected chi connectivity index (χ1v) is 14.3. The molecule has 1 rings (SSSR count). The smallest absolute Gasteiger partial charge is 0.305 e. The van der Waals surface area contributed by atoms with Crippen molar-refractivity contribution < 1.29 is 19.1 Å². The van der Waals surface area contributed by atoms with Gasteiger partial charge in [0.25, 0.3) is 0 Å². The molecule has 0 saturated carbocycles. The molecule has 1 fully saturated rings. The molecule has 0 radical (unpaired) electrons. The fourth-order valence-electron chi connectivity index (χ4n) is 4.48. The van der Waals surface area contributed by atoms with Gasteiger partial charge in [0.1, 0.15) is 13.2 Å². The van der Waals surface area contributed by atoms with E-state index in [0.29, 0.717) is 26.1 Å². The Balaban J connectivity index is 2.12. The molecule has 0 aromatic rings. The van der Waals surface area contributed by atoms with E-state index < -0.39 is 0 Å². The molecular formula is C28H53NO4. The number of rotatable bonds is 14. The van der Waals surface area contributed by atoms with E-state index in [0.717, 1.165) is 58.2 Å². The van der Waals surface area contributed by atoms with Crippen molar-refractivity contribution in [2.75, 3.05) is 32.8 Å². The second-order valence-corrected chi connectivity index (χ2v) is 9.79. The van der Waals surface area contributed by atoms with Crippen molar-refractivity contribution in [3.63, 3.8) is 0 Å². The predicted molar refractivity (Wildman–Crippen MR) is 136 cm³/mol. The Bertz CT molecular complexity index is 443. The van der Waals surface area contributed by atoms with Crippen molar-refractivity contribution in [2.45, 2.75) is 135 Å². The van der Waals surface area contributed by atoms with Gasteiger partial charge in [-0.2, -0.15) is 0 Å². The highest BCUT2D eigenvalue weighted by atomic mass is 16.5. The van der Waals surface area contributed by atoms with Crippen molar-refractivity contribution in [3.8, 4) is 0 Å². The molecule has 0 spiro atoms. The van der Waals surface area contributed by atoms with E-state index in [1.165, 1.54) is 77.0 Å². The van der Waals surface area contributed by atoms with Crippen LogP contribution in [0.3, 0.4) is 0 Å². The minimum Gasteiger partial charge on any atom is -0.464 e. The topological polar surface area (TPSA) is 55.8 Å². The maximum atomic E-state index is 11.9. The SMILES string of the molecule is CCCCCCCCCCCCCCCN1CCOC(=O)CCCCCCCC(=O)OCC1. The highest BCUT2D eigenvalue weighted by Crippen LogP contribution is 2.13. The Labute approximate surface area is 204 Å². The summed E-state index contributed by atoms with van der Waals surface area (Å²) in [6, 6.07) is 0. The number of hydrogen-bond acceptors (Lipinski definition) is 5. The molecule has 0 amide bonds. The average molecular weight is 468 g/mol. The van der Waals surface area contributed by atoms with Crippen LogP contribution in [0.1, 0.15) is 135 Å². The molecule has 0 aliphatic carbocycles. The lowest BCUT2D eigenvalue weighted by atomic mass is 10.0. The molecule has 0 aromatic carbocycles. The molecule has 194 valence electrons. The van der Waals surface area contributed by atoms with Crippen LogP contribution in [0.5, 0.6) is 0 Å². The number of unbranched alkanes of at least 4 members (excludes halogenated alkanes) is 12. The lowest BCUT2D eigenvalue weighted by Crippen LogP contribution is -2.33. The fourth-order valence-corrected chi connectivity index (χ4v) is 4.48. The third-order valence-electron chi connectivity index (χ3n) is 6.68. The molecule has 0 unspecified atom stereocenters. The van der Waals surface area contributed by atoms with Crippen LogP contribution in [0.15, 0.2) is 0 Å². The van der Waals surface area contributed by atoms with E-state index in [2.05, 4.69) is 11.8 Å². The second-order valence-electron chi connectivity index (χ2n) is 9.79. The Morgan fingerprint density at radius 1 is 0.576 bits per heavy atom. The lowest BCUT2D eigenvalue weighted by Gasteiger charge is -2.22. The van der Waals surface area contributed by atoms with Crippen molar-refractivity contribution >= 4 is 11.9 Å². The van der Waals surface area contributed by atoms with Gasteiger partial charge in [0.15, 0.2) is 0 Å². The Morgan fingerprint density at radius 3 is 1.42 bits per heavy atom. The van der Waals surface area contributed by atoms with Gasteiger partial charge in [0, 0.05) is 25.9 Å². The Morgan fingerprint density at radius 2 is 0.970 bits per heavy atom. The summed E-state index contributed by atoms with van der Waals surface area (Å²) >= 11 is 0. The number of carbonyl (C=O) groups is 2. The summed E-state index contributed by atoms with van der Waals surface area (Å²) in [4.78, 5) is 26.1. The van der Waals surface area contributed by atoms with E-state index >= 15 is 0 Å². The lowest BCUT2D eigenvalue weighted by molar-refractivity contribution is -0.144. The molecule has 1 heterocycles. The summed E-state index contributed by atoms with van der Waals surface area (Å²) in [5, 5.41) is 0. The number of carbonyl (C=O) groups excluding carboxylic acids is 2. The first-order valence-electron chi connectivity index (χ1n) is 14.3. The molecule has 5 nitrogen and oxygen atoms in total. The van der Waals surface area contributed by atoms with Gasteiger partial charge in [-0.05, 0) is 25.8 Å². The molecule has 0 N–H and O–H groups in total. The molecular weight excluding hydrogens is 414 g/mol. The standard InChI is InChI=1S/C28H53NO4/c1-2-3-4-5-6-7-8-9-10-11-12-16-19-22-29-23-25-32-27(30)20-17-14-13-15-18-21-28(31)33-26-24-29/h2-26H2,1H3. The van der Waals surface area contributed by atoms with E-state index in [9.17, 15) is 9.59 Å². The molecule has 5 heteroatoms. The maximum Gasteiger partial charge on any atom is 0.305 e. The number of cyclic esters (lactones) is 2. The van der Waals surface area contributed by atoms with Gasteiger partial charge < -0.3 is 9.47 Å². The van der Waals surface area contributed by atoms with E-state index in [-0.39, 0.29) is 11.9 Å². The normalized spacial score (nSPS) is 18.1. The first-order chi connectivity index (χ1) is 16.2. The largest absolute Gasteiger partial charge is 0.464 e. The summed E-state index contributed by atoms with van der Waals surface area (Å²) in [6.45, 7) is 5.57. The number of ether oxygens (including phenoxy) is 2. The highest BCUT2D eigenvalue weighted by molar-refractivity contribution is 5.69. The van der Waals surface area contributed by atoms with Crippen LogP contribution in [0.4, 0.5) is 0 Å². The second kappa shape index (κ2) is 22.7. The number of hydrogen-bond donors (Lipinski definition) is 0. The van der Waals surface area contributed by atoms with E-state index in [1.807, 2.05) is 0 Å². The predicted octanol–water partition coefficient (Wildman–Crippen LogP) is 7.21. The maximum absolute atomic E-state index is 11.9. The Hall–Kier alpha value is -1.10. The monoisotopic (exact) mass is 467 g/mol. The zero-order valence-corrected chi connectivity index (χ0v) is 21.8. The van der Waals surface area contributed by atoms with Crippen LogP contribution in [-0.2, 0) is 19.1 Å². The molecule has 1 saturated heterocycles. The zero-order valence-electron chi connectivity index (χ0n) is 21.8. The van der Waals surface area contributed by atoms with Gasteiger partial charge in [-0.25, -0.2) is 0 Å². The van der Waals surface area contributed by atoms with Crippen LogP contribution >= 0.6 is 0 Å². The summed E-state index contributed by atoms with van der Waals surface area (Å²) in [5.74, 6) is -0.149. The molecule has 0 bridgehead atoms. The van der Waals surface area contributed by atoms with Gasteiger partial charge in [0.2, 0.25) is 0 Å². The Kier molecular flexibility index (Phi) is 20.6. The van der Waals surface area contributed by atoms with Gasteiger partial charge in [0.05, 0.1) is 0 Å². The summed E-state index contributed by atoms with van der Waals surface area (Å²) < 4.78 is 10.8. The van der Waals surface area contributed by atoms with Gasteiger partial charge in [-0.1, -0.05) is 103 Å². The molecule has 1 aliphatic rings. The van der Waals surface area contributed by atoms with Crippen molar-refractivity contribution in [1.29, 1.82) is 0 Å². The quantitative estimate of drug-likeness (QED) is 0.199. The van der Waals surface area contributed by atoms with Crippen LogP contribution in [0, 0.1) is 0 Å². The van der Waals surface area contributed by atoms with Crippen molar-refractivity contribution in [1.82, 2.24) is 4.90 Å². The summed E-state index contributed by atoms with van der Waals surface area (Å²) in [5.41, 5.74) is 0. The highest BCUT2D eigenvalue weighted by Gasteiger charge is 2.10. The minimum atomic E-state index is -0.0746. The zero-order chi connectivity index (χ0) is 23.8. The van der Waals surface area contributed by atoms with Crippen molar-refractivity contribution in [2.24, 2.45) is 0 Å². The van der Waals surface area contributed by atoms with Gasteiger partial charge in [-0.3, -0.25) is 14.5 Å². The third-order valence-corrected chi connectivity index (χ3v) is 6.68. The summed E-state index contributed by atoms with van der Waals surface area (Å²) in [7, 11) is 0. The summed E-state index contributed by atoms with van der Waals surface area (Å²) in [6.07, 6.45) is 23.5. The van der Waals surface area contributed by atoms with Crippen LogP contribution < -0.4 is 0 Å². The minimum absolute atomic E-state index is 0.0746. The van der Waals surface area contributed by atoms with E-state index in [1.54, 1.807) is 0 Å². The molecule has 33 heavy (non-hydrogen) atoms. The molecule has 1 aliphatic heterocycles. The third kappa shape index (κ3) is 20.0. The van der Waals surface area contributed by atoms with E-state index in [4.69, 9.17) is 9.47 Å². The van der Waals surface area contributed by atoms with Crippen molar-refractivity contribution in [3.05, 3.63) is 0 Å². The van der Waals surface area contributed by atoms with Crippen LogP contribution in [0.25, 0.3) is 0 Å². The number of nitrogens with zero attached hydrogens (tertiary/aromatic N) is 1. The molecule has 0 atom stereocenters. The fraction of sp³-hybridized carbons (Fsp3) is 0.929. The van der Waals surface area contributed by atoms with Crippen LogP contribution in [-0.4, -0.2) is 49.7 Å². The van der Waals surface area contributed by atoms with Gasteiger partial charge >= 0.3 is 11.9 Å². The van der Waals surface area contributed by atoms with Gasteiger partial charge in [-0.15, -0.1) is 0 Å². The number of esters is 2. The van der Waals surface area contributed by atoms with Crippen LogP contribution in [0.2, 0.25) is 0 Å². The average Bonchev–Trinajstić information content (AvgIpc) is 2.80. The molecule has 0 aromatic heterocycles.